The second-order valence-corrected chi connectivity index (χ2v) is 7.51. The van der Waals surface area contributed by atoms with Crippen LogP contribution in [0.25, 0.3) is 0 Å². The van der Waals surface area contributed by atoms with E-state index in [1.165, 1.54) is 5.56 Å². The Morgan fingerprint density at radius 2 is 2.17 bits per heavy atom. The first kappa shape index (κ1) is 24.4. The largest absolute Gasteiger partial charge is 0.496 e. The van der Waals surface area contributed by atoms with Crippen molar-refractivity contribution in [2.24, 2.45) is 12.0 Å². The van der Waals surface area contributed by atoms with Crippen molar-refractivity contribution in [1.29, 1.82) is 0 Å². The summed E-state index contributed by atoms with van der Waals surface area (Å²) in [6.45, 7) is 8.11. The van der Waals surface area contributed by atoms with E-state index in [0.717, 1.165) is 54.9 Å². The van der Waals surface area contributed by atoms with Crippen molar-refractivity contribution >= 4 is 29.9 Å². The van der Waals surface area contributed by atoms with E-state index in [1.807, 2.05) is 24.6 Å². The number of hydrogen-bond donors (Lipinski definition) is 2. The van der Waals surface area contributed by atoms with E-state index < -0.39 is 0 Å². The van der Waals surface area contributed by atoms with Crippen molar-refractivity contribution in [3.8, 4) is 5.75 Å². The van der Waals surface area contributed by atoms with E-state index in [2.05, 4.69) is 46.8 Å². The van der Waals surface area contributed by atoms with Gasteiger partial charge < -0.3 is 24.7 Å². The Morgan fingerprint density at radius 1 is 1.37 bits per heavy atom. The first-order valence-corrected chi connectivity index (χ1v) is 10.1. The number of rotatable bonds is 7. The Kier molecular flexibility index (Phi) is 9.35. The maximum Gasteiger partial charge on any atom is 0.192 e. The Hall–Kier alpha value is -1.88. The van der Waals surface area contributed by atoms with Crippen LogP contribution in [0.5, 0.6) is 5.75 Å². The minimum absolute atomic E-state index is 0. The van der Waals surface area contributed by atoms with Gasteiger partial charge in [-0.3, -0.25) is 0 Å². The summed E-state index contributed by atoms with van der Waals surface area (Å²) < 4.78 is 13.2. The predicted octanol–water partition coefficient (Wildman–Crippen LogP) is 3.03. The SMILES string of the molecule is COc1ccc(C)cc1C(C)NC(=NCc1nnc(C)n1C)NCC1CCCO1.I. The summed E-state index contributed by atoms with van der Waals surface area (Å²) in [6, 6.07) is 6.21. The van der Waals surface area contributed by atoms with Gasteiger partial charge in [-0.25, -0.2) is 4.99 Å². The lowest BCUT2D eigenvalue weighted by molar-refractivity contribution is 0.113. The van der Waals surface area contributed by atoms with Crippen LogP contribution < -0.4 is 15.4 Å². The third kappa shape index (κ3) is 6.31. The van der Waals surface area contributed by atoms with Crippen LogP contribution in [0.1, 0.15) is 48.6 Å². The van der Waals surface area contributed by atoms with Crippen molar-refractivity contribution < 1.29 is 9.47 Å². The monoisotopic (exact) mass is 528 g/mol. The molecule has 30 heavy (non-hydrogen) atoms. The molecule has 2 atom stereocenters. The molecule has 1 saturated heterocycles. The third-order valence-electron chi connectivity index (χ3n) is 5.29. The molecule has 8 nitrogen and oxygen atoms in total. The summed E-state index contributed by atoms with van der Waals surface area (Å²) in [5.41, 5.74) is 2.28. The second kappa shape index (κ2) is 11.5. The van der Waals surface area contributed by atoms with Gasteiger partial charge in [0.15, 0.2) is 11.8 Å². The van der Waals surface area contributed by atoms with Gasteiger partial charge in [0.25, 0.3) is 0 Å². The predicted molar refractivity (Wildman–Crippen MR) is 129 cm³/mol. The molecule has 2 unspecified atom stereocenters. The topological polar surface area (TPSA) is 85.6 Å². The number of nitrogens with one attached hydrogen (secondary N) is 2. The van der Waals surface area contributed by atoms with E-state index in [9.17, 15) is 0 Å². The fraction of sp³-hybridized carbons (Fsp3) is 0.571. The van der Waals surface area contributed by atoms with Crippen LogP contribution in [-0.2, 0) is 18.3 Å². The van der Waals surface area contributed by atoms with E-state index in [-0.39, 0.29) is 36.1 Å². The van der Waals surface area contributed by atoms with Crippen LogP contribution >= 0.6 is 24.0 Å². The van der Waals surface area contributed by atoms with Crippen molar-refractivity contribution in [2.75, 3.05) is 20.3 Å². The molecule has 9 heteroatoms. The molecule has 0 saturated carbocycles. The number of methoxy groups -OCH3 is 1. The zero-order valence-corrected chi connectivity index (χ0v) is 20.8. The highest BCUT2D eigenvalue weighted by Gasteiger charge is 2.18. The summed E-state index contributed by atoms with van der Waals surface area (Å²) >= 11 is 0. The molecule has 3 rings (SSSR count). The zero-order chi connectivity index (χ0) is 20.8. The number of guanidine groups is 1. The van der Waals surface area contributed by atoms with Gasteiger partial charge in [-0.05, 0) is 39.7 Å². The van der Waals surface area contributed by atoms with E-state index in [4.69, 9.17) is 14.5 Å². The molecular weight excluding hydrogens is 495 g/mol. The van der Waals surface area contributed by atoms with E-state index in [0.29, 0.717) is 6.54 Å². The molecule has 1 aliphatic rings. The first-order chi connectivity index (χ1) is 14.0. The Morgan fingerprint density at radius 3 is 2.80 bits per heavy atom. The second-order valence-electron chi connectivity index (χ2n) is 7.51. The smallest absolute Gasteiger partial charge is 0.192 e. The van der Waals surface area contributed by atoms with Gasteiger partial charge in [-0.15, -0.1) is 34.2 Å². The van der Waals surface area contributed by atoms with Gasteiger partial charge in [0.05, 0.1) is 19.3 Å². The van der Waals surface area contributed by atoms with E-state index >= 15 is 0 Å². The minimum atomic E-state index is 0. The number of benzene rings is 1. The number of ether oxygens (including phenoxy) is 2. The van der Waals surface area contributed by atoms with Gasteiger partial charge in [-0.1, -0.05) is 17.7 Å². The maximum atomic E-state index is 5.74. The minimum Gasteiger partial charge on any atom is -0.496 e. The van der Waals surface area contributed by atoms with Crippen LogP contribution in [0.3, 0.4) is 0 Å². The quantitative estimate of drug-likeness (QED) is 0.327. The molecule has 0 bridgehead atoms. The molecule has 166 valence electrons. The van der Waals surface area contributed by atoms with Crippen LogP contribution in [0.15, 0.2) is 23.2 Å². The van der Waals surface area contributed by atoms with Gasteiger partial charge in [0.1, 0.15) is 18.1 Å². The fourth-order valence-electron chi connectivity index (χ4n) is 3.38. The molecule has 1 fully saturated rings. The van der Waals surface area contributed by atoms with Crippen LogP contribution in [0, 0.1) is 13.8 Å². The van der Waals surface area contributed by atoms with Gasteiger partial charge >= 0.3 is 0 Å². The number of aryl methyl sites for hydroxylation is 2. The van der Waals surface area contributed by atoms with E-state index in [1.54, 1.807) is 7.11 Å². The molecule has 2 N–H and O–H groups in total. The lowest BCUT2D eigenvalue weighted by atomic mass is 10.0. The van der Waals surface area contributed by atoms with Gasteiger partial charge in [-0.2, -0.15) is 0 Å². The third-order valence-corrected chi connectivity index (χ3v) is 5.29. The van der Waals surface area contributed by atoms with Gasteiger partial charge in [0.2, 0.25) is 0 Å². The molecule has 2 aromatic rings. The highest BCUT2D eigenvalue weighted by atomic mass is 127. The van der Waals surface area contributed by atoms with Crippen molar-refractivity contribution in [1.82, 2.24) is 25.4 Å². The maximum absolute atomic E-state index is 5.74. The van der Waals surface area contributed by atoms with Crippen LogP contribution in [-0.4, -0.2) is 47.1 Å². The standard InChI is InChI=1S/C21H32N6O2.HI/c1-14-8-9-19(28-5)18(11-14)15(2)24-21(22-12-17-7-6-10-29-17)23-13-20-26-25-16(3)27(20)4;/h8-9,11,15,17H,6-7,10,12-13H2,1-5H3,(H2,22,23,24);1H. The highest BCUT2D eigenvalue weighted by Crippen LogP contribution is 2.26. The summed E-state index contributed by atoms with van der Waals surface area (Å²) in [7, 11) is 3.65. The number of halogens is 1. The molecule has 0 radical (unpaired) electrons. The lowest BCUT2D eigenvalue weighted by Gasteiger charge is -2.22. The summed E-state index contributed by atoms with van der Waals surface area (Å²) in [5.74, 6) is 3.27. The average Bonchev–Trinajstić information content (AvgIpc) is 3.34. The van der Waals surface area contributed by atoms with Crippen molar-refractivity contribution in [3.63, 3.8) is 0 Å². The molecule has 0 aliphatic carbocycles. The summed E-state index contributed by atoms with van der Waals surface area (Å²) in [6.07, 6.45) is 2.41. The molecule has 0 amide bonds. The number of nitrogens with zero attached hydrogens (tertiary/aromatic N) is 4. The molecule has 0 spiro atoms. The molecule has 1 aliphatic heterocycles. The molecule has 1 aromatic carbocycles. The van der Waals surface area contributed by atoms with Crippen molar-refractivity contribution in [2.45, 2.75) is 52.3 Å². The zero-order valence-electron chi connectivity index (χ0n) is 18.4. The molecule has 2 heterocycles. The summed E-state index contributed by atoms with van der Waals surface area (Å²) in [5, 5.41) is 15.2. The Balaban J connectivity index is 0.00000320. The normalized spacial score (nSPS) is 17.4. The number of aromatic nitrogens is 3. The number of hydrogen-bond acceptors (Lipinski definition) is 5. The van der Waals surface area contributed by atoms with Gasteiger partial charge in [0, 0.05) is 25.8 Å². The summed E-state index contributed by atoms with van der Waals surface area (Å²) in [4.78, 5) is 4.75. The van der Waals surface area contributed by atoms with Crippen LogP contribution in [0.4, 0.5) is 0 Å². The number of aliphatic imine (C=N–C) groups is 1. The lowest BCUT2D eigenvalue weighted by Crippen LogP contribution is -2.42. The Bertz CT molecular complexity index is 848. The fourth-order valence-corrected chi connectivity index (χ4v) is 3.38. The Labute approximate surface area is 195 Å². The van der Waals surface area contributed by atoms with Crippen LogP contribution in [0.2, 0.25) is 0 Å². The highest BCUT2D eigenvalue weighted by molar-refractivity contribution is 14.0. The van der Waals surface area contributed by atoms with Crippen molar-refractivity contribution in [3.05, 3.63) is 41.0 Å². The average molecular weight is 528 g/mol. The first-order valence-electron chi connectivity index (χ1n) is 10.1. The molecular formula is C21H33IN6O2. The molecule has 1 aromatic heterocycles.